The third-order valence-corrected chi connectivity index (χ3v) is 3.53. The first-order chi connectivity index (χ1) is 8.26. The standard InChI is InChI=1S/C11H18N2O2S2/c1-3-15-10(14)7-9-8-17-11(13-9)12-5-4-6-16-2/h8H,3-7H2,1-2H3,(H,12,13). The van der Waals surface area contributed by atoms with Gasteiger partial charge < -0.3 is 10.1 Å². The molecule has 1 aromatic heterocycles. The molecule has 0 saturated carbocycles. The van der Waals surface area contributed by atoms with E-state index in [-0.39, 0.29) is 12.4 Å². The number of esters is 1. The zero-order valence-corrected chi connectivity index (χ0v) is 11.8. The molecule has 17 heavy (non-hydrogen) atoms. The number of ether oxygens (including phenoxy) is 1. The highest BCUT2D eigenvalue weighted by molar-refractivity contribution is 7.98. The average Bonchev–Trinajstić information content (AvgIpc) is 2.72. The summed E-state index contributed by atoms with van der Waals surface area (Å²) in [6.07, 6.45) is 3.48. The molecule has 0 radical (unpaired) electrons. The summed E-state index contributed by atoms with van der Waals surface area (Å²) < 4.78 is 4.87. The lowest BCUT2D eigenvalue weighted by molar-refractivity contribution is -0.142. The van der Waals surface area contributed by atoms with Crippen molar-refractivity contribution >= 4 is 34.2 Å². The molecule has 0 saturated heterocycles. The number of anilines is 1. The van der Waals surface area contributed by atoms with E-state index in [4.69, 9.17) is 4.74 Å². The van der Waals surface area contributed by atoms with Gasteiger partial charge >= 0.3 is 5.97 Å². The van der Waals surface area contributed by atoms with E-state index in [0.717, 1.165) is 29.5 Å². The fourth-order valence-electron chi connectivity index (χ4n) is 1.24. The molecule has 0 unspecified atom stereocenters. The lowest BCUT2D eigenvalue weighted by Crippen LogP contribution is -2.08. The second-order valence-electron chi connectivity index (χ2n) is 3.40. The van der Waals surface area contributed by atoms with Gasteiger partial charge in [0.1, 0.15) is 0 Å². The normalized spacial score (nSPS) is 10.2. The zero-order chi connectivity index (χ0) is 12.5. The highest BCUT2D eigenvalue weighted by Crippen LogP contribution is 2.16. The van der Waals surface area contributed by atoms with Crippen LogP contribution in [0.15, 0.2) is 5.38 Å². The smallest absolute Gasteiger partial charge is 0.311 e. The van der Waals surface area contributed by atoms with Gasteiger partial charge in [-0.1, -0.05) is 0 Å². The second kappa shape index (κ2) is 8.36. The van der Waals surface area contributed by atoms with Crippen LogP contribution in [0.3, 0.4) is 0 Å². The van der Waals surface area contributed by atoms with E-state index in [0.29, 0.717) is 6.61 Å². The molecule has 1 heterocycles. The van der Waals surface area contributed by atoms with E-state index in [1.807, 2.05) is 17.1 Å². The minimum absolute atomic E-state index is 0.216. The van der Waals surface area contributed by atoms with Gasteiger partial charge in [0.05, 0.1) is 18.7 Å². The van der Waals surface area contributed by atoms with Crippen molar-refractivity contribution in [2.45, 2.75) is 19.8 Å². The van der Waals surface area contributed by atoms with Gasteiger partial charge in [-0.05, 0) is 25.4 Å². The average molecular weight is 274 g/mol. The van der Waals surface area contributed by atoms with Crippen LogP contribution in [-0.4, -0.2) is 36.1 Å². The van der Waals surface area contributed by atoms with Gasteiger partial charge in [0.15, 0.2) is 5.13 Å². The van der Waals surface area contributed by atoms with Crippen LogP contribution in [0.2, 0.25) is 0 Å². The molecule has 6 heteroatoms. The van der Waals surface area contributed by atoms with Crippen LogP contribution in [-0.2, 0) is 16.0 Å². The summed E-state index contributed by atoms with van der Waals surface area (Å²) in [5.41, 5.74) is 0.779. The van der Waals surface area contributed by atoms with Gasteiger partial charge in [0, 0.05) is 11.9 Å². The van der Waals surface area contributed by atoms with Crippen molar-refractivity contribution in [3.8, 4) is 0 Å². The lowest BCUT2D eigenvalue weighted by atomic mass is 10.3. The van der Waals surface area contributed by atoms with Crippen LogP contribution >= 0.6 is 23.1 Å². The molecule has 96 valence electrons. The number of nitrogens with one attached hydrogen (secondary N) is 1. The van der Waals surface area contributed by atoms with Crippen molar-refractivity contribution in [1.29, 1.82) is 0 Å². The molecule has 0 aliphatic heterocycles. The van der Waals surface area contributed by atoms with Gasteiger partial charge in [-0.3, -0.25) is 4.79 Å². The number of hydrogen-bond acceptors (Lipinski definition) is 6. The summed E-state index contributed by atoms with van der Waals surface area (Å²) in [5.74, 6) is 0.931. The Bertz CT molecular complexity index is 342. The number of carbonyl (C=O) groups is 1. The molecule has 4 nitrogen and oxygen atoms in total. The fraction of sp³-hybridized carbons (Fsp3) is 0.636. The number of nitrogens with zero attached hydrogens (tertiary/aromatic N) is 1. The van der Waals surface area contributed by atoms with Crippen LogP contribution < -0.4 is 5.32 Å². The number of thiazole rings is 1. The predicted molar refractivity (Wildman–Crippen MR) is 73.9 cm³/mol. The van der Waals surface area contributed by atoms with E-state index in [1.54, 1.807) is 6.92 Å². The molecule has 1 rings (SSSR count). The van der Waals surface area contributed by atoms with Crippen LogP contribution in [0.4, 0.5) is 5.13 Å². The van der Waals surface area contributed by atoms with Gasteiger partial charge in [0.2, 0.25) is 0 Å². The Kier molecular flexibility index (Phi) is 7.04. The molecule has 0 bridgehead atoms. The van der Waals surface area contributed by atoms with Crippen molar-refractivity contribution in [3.63, 3.8) is 0 Å². The van der Waals surface area contributed by atoms with Crippen LogP contribution in [0.1, 0.15) is 19.0 Å². The Labute approximate surface area is 110 Å². The zero-order valence-electron chi connectivity index (χ0n) is 10.2. The Balaban J connectivity index is 2.29. The van der Waals surface area contributed by atoms with Gasteiger partial charge in [-0.2, -0.15) is 11.8 Å². The molecular weight excluding hydrogens is 256 g/mol. The van der Waals surface area contributed by atoms with Crippen molar-refractivity contribution in [2.75, 3.05) is 30.5 Å². The van der Waals surface area contributed by atoms with Crippen LogP contribution in [0, 0.1) is 0 Å². The quantitative estimate of drug-likeness (QED) is 0.583. The maximum Gasteiger partial charge on any atom is 0.311 e. The Morgan fingerprint density at radius 2 is 2.47 bits per heavy atom. The van der Waals surface area contributed by atoms with Crippen molar-refractivity contribution in [3.05, 3.63) is 11.1 Å². The van der Waals surface area contributed by atoms with E-state index < -0.39 is 0 Å². The third kappa shape index (κ3) is 5.93. The summed E-state index contributed by atoms with van der Waals surface area (Å²) in [6.45, 7) is 3.15. The lowest BCUT2D eigenvalue weighted by Gasteiger charge is -2.00. The molecule has 0 aliphatic carbocycles. The van der Waals surface area contributed by atoms with Crippen molar-refractivity contribution in [2.24, 2.45) is 0 Å². The number of hydrogen-bond donors (Lipinski definition) is 1. The summed E-state index contributed by atoms with van der Waals surface area (Å²) in [6, 6.07) is 0. The number of thioether (sulfide) groups is 1. The van der Waals surface area contributed by atoms with E-state index in [1.165, 1.54) is 11.3 Å². The molecule has 0 amide bonds. The first kappa shape index (κ1) is 14.3. The number of carbonyl (C=O) groups excluding carboxylic acids is 1. The minimum atomic E-state index is -0.216. The Morgan fingerprint density at radius 1 is 1.65 bits per heavy atom. The summed E-state index contributed by atoms with van der Waals surface area (Å²) >= 11 is 3.37. The molecule has 0 fully saturated rings. The Hall–Kier alpha value is -0.750. The third-order valence-electron chi connectivity index (χ3n) is 1.98. The summed E-state index contributed by atoms with van der Waals surface area (Å²) in [7, 11) is 0. The van der Waals surface area contributed by atoms with Crippen molar-refractivity contribution < 1.29 is 9.53 Å². The van der Waals surface area contributed by atoms with Crippen molar-refractivity contribution in [1.82, 2.24) is 4.98 Å². The molecular formula is C11H18N2O2S2. The largest absolute Gasteiger partial charge is 0.466 e. The Morgan fingerprint density at radius 3 is 3.18 bits per heavy atom. The minimum Gasteiger partial charge on any atom is -0.466 e. The van der Waals surface area contributed by atoms with Gasteiger partial charge in [-0.15, -0.1) is 11.3 Å². The van der Waals surface area contributed by atoms with Gasteiger partial charge in [-0.25, -0.2) is 4.98 Å². The number of rotatable bonds is 8. The first-order valence-corrected chi connectivity index (χ1v) is 7.86. The monoisotopic (exact) mass is 274 g/mol. The van der Waals surface area contributed by atoms with E-state index >= 15 is 0 Å². The summed E-state index contributed by atoms with van der Waals surface area (Å²) in [4.78, 5) is 15.6. The van der Waals surface area contributed by atoms with E-state index in [9.17, 15) is 4.79 Å². The predicted octanol–water partition coefficient (Wildman–Crippen LogP) is 2.41. The molecule has 0 atom stereocenters. The highest BCUT2D eigenvalue weighted by Gasteiger charge is 2.07. The highest BCUT2D eigenvalue weighted by atomic mass is 32.2. The molecule has 1 aromatic rings. The SMILES string of the molecule is CCOC(=O)Cc1csc(NCCCSC)n1. The maximum absolute atomic E-state index is 11.2. The van der Waals surface area contributed by atoms with Gasteiger partial charge in [0.25, 0.3) is 0 Å². The second-order valence-corrected chi connectivity index (χ2v) is 5.24. The fourth-order valence-corrected chi connectivity index (χ4v) is 2.41. The van der Waals surface area contributed by atoms with Crippen LogP contribution in [0.25, 0.3) is 0 Å². The first-order valence-electron chi connectivity index (χ1n) is 5.59. The molecule has 0 aliphatic rings. The summed E-state index contributed by atoms with van der Waals surface area (Å²) in [5, 5.41) is 6.02. The molecule has 0 spiro atoms. The van der Waals surface area contributed by atoms with E-state index in [2.05, 4.69) is 16.6 Å². The molecule has 1 N–H and O–H groups in total. The molecule has 0 aromatic carbocycles. The topological polar surface area (TPSA) is 51.2 Å². The maximum atomic E-state index is 11.2. The van der Waals surface area contributed by atoms with Crippen LogP contribution in [0.5, 0.6) is 0 Å². The number of aromatic nitrogens is 1.